The van der Waals surface area contributed by atoms with Crippen molar-refractivity contribution in [1.29, 1.82) is 0 Å². The second-order valence-corrected chi connectivity index (χ2v) is 18.5. The van der Waals surface area contributed by atoms with Gasteiger partial charge < -0.3 is 38.7 Å². The van der Waals surface area contributed by atoms with Gasteiger partial charge in [0.2, 0.25) is 5.79 Å². The monoisotopic (exact) mass is 940 g/mol. The largest absolute Gasteiger partial charge is 0.459 e. The van der Waals surface area contributed by atoms with Crippen LogP contribution in [0.1, 0.15) is 67.6 Å². The molecule has 12 heteroatoms. The standard InChI is InChI=1S/C56H64N2O9S/c1-4-31-65-56-52(58(37-42-20-14-19-40-17-8-9-21-46(40)42)55(61)64-33-32-63-38-39-15-6-5-7-16-39)36-50(57-62-2)48-34-41(18-10-12-29-59)47(22-11-13-30-60)53(54(48)56)49-35-44(25-28-51(49)67-56)66-43-23-26-45(68-3)27-24-43/h4-9,14-17,19-21,23-28,34-35,41,47,52-54,59-60H,1,10-13,18,22,29-33,36-38H2,2-3H3. The molecule has 0 bridgehead atoms. The lowest BCUT2D eigenvalue weighted by Gasteiger charge is -2.59. The molecular weight excluding hydrogens is 877 g/mol. The SMILES string of the molecule is C=CCOC12Oc3ccc(Oc4ccc(SC)cc4)cc3C3C(CCCCO)C(CCCCO)C=C(C(=NOC)CC1N(Cc1cccc4ccccc14)C(=O)OCCOCc1ccccc1)C32. The summed E-state index contributed by atoms with van der Waals surface area (Å²) in [5.41, 5.74) is 4.57. The first-order valence-corrected chi connectivity index (χ1v) is 25.1. The molecule has 1 saturated carbocycles. The molecule has 0 spiro atoms. The number of aliphatic hydroxyl groups excluding tert-OH is 2. The number of oxime groups is 1. The van der Waals surface area contributed by atoms with E-state index in [4.69, 9.17) is 33.7 Å². The van der Waals surface area contributed by atoms with Crippen molar-refractivity contribution >= 4 is 34.3 Å². The Morgan fingerprint density at radius 1 is 0.897 bits per heavy atom. The van der Waals surface area contributed by atoms with Gasteiger partial charge in [0, 0.05) is 36.0 Å². The van der Waals surface area contributed by atoms with E-state index in [-0.39, 0.29) is 63.8 Å². The van der Waals surface area contributed by atoms with Crippen molar-refractivity contribution in [2.45, 2.75) is 80.7 Å². The van der Waals surface area contributed by atoms with E-state index < -0.39 is 23.8 Å². The Morgan fingerprint density at radius 2 is 1.65 bits per heavy atom. The first-order chi connectivity index (χ1) is 33.4. The van der Waals surface area contributed by atoms with E-state index >= 15 is 4.79 Å². The number of ether oxygens (including phenoxy) is 5. The molecule has 1 heterocycles. The van der Waals surface area contributed by atoms with E-state index in [0.29, 0.717) is 42.4 Å². The van der Waals surface area contributed by atoms with Crippen molar-refractivity contribution in [3.8, 4) is 17.2 Å². The molecule has 358 valence electrons. The van der Waals surface area contributed by atoms with Crippen LogP contribution in [0.4, 0.5) is 4.79 Å². The van der Waals surface area contributed by atoms with Gasteiger partial charge in [-0.15, -0.1) is 18.3 Å². The van der Waals surface area contributed by atoms with E-state index in [0.717, 1.165) is 63.6 Å². The van der Waals surface area contributed by atoms with Crippen LogP contribution in [0.3, 0.4) is 0 Å². The summed E-state index contributed by atoms with van der Waals surface area (Å²) in [6, 6.07) is 37.4. The van der Waals surface area contributed by atoms with Gasteiger partial charge in [-0.1, -0.05) is 103 Å². The topological polar surface area (TPSA) is 129 Å². The number of hydrogen-bond acceptors (Lipinski definition) is 11. The third-order valence-electron chi connectivity index (χ3n) is 13.5. The molecule has 5 aromatic carbocycles. The Kier molecular flexibility index (Phi) is 16.9. The number of hydrogen-bond donors (Lipinski definition) is 2. The summed E-state index contributed by atoms with van der Waals surface area (Å²) in [7, 11) is 1.55. The number of thioether (sulfide) groups is 1. The lowest BCUT2D eigenvalue weighted by atomic mass is 9.55. The summed E-state index contributed by atoms with van der Waals surface area (Å²) >= 11 is 1.67. The van der Waals surface area contributed by atoms with Gasteiger partial charge in [-0.2, -0.15) is 0 Å². The predicted molar refractivity (Wildman–Crippen MR) is 267 cm³/mol. The molecule has 68 heavy (non-hydrogen) atoms. The number of carbonyl (C=O) groups is 1. The summed E-state index contributed by atoms with van der Waals surface area (Å²) in [5, 5.41) is 26.8. The van der Waals surface area contributed by atoms with E-state index in [1.54, 1.807) is 29.8 Å². The number of aliphatic hydroxyl groups is 2. The van der Waals surface area contributed by atoms with Crippen LogP contribution < -0.4 is 9.47 Å². The quantitative estimate of drug-likeness (QED) is 0.0283. The number of benzene rings is 5. The van der Waals surface area contributed by atoms with Gasteiger partial charge in [-0.05, 0) is 114 Å². The number of fused-ring (bicyclic) bond motifs is 3. The normalized spacial score (nSPS) is 22.1. The lowest BCUT2D eigenvalue weighted by Crippen LogP contribution is -2.70. The maximum absolute atomic E-state index is 15.1. The third kappa shape index (κ3) is 11.0. The molecule has 1 amide bonds. The Bertz CT molecular complexity index is 2510. The molecule has 0 aromatic heterocycles. The molecule has 5 aromatic rings. The average Bonchev–Trinajstić information content (AvgIpc) is 3.37. The van der Waals surface area contributed by atoms with Crippen LogP contribution in [0.2, 0.25) is 0 Å². The van der Waals surface area contributed by atoms with Gasteiger partial charge in [-0.3, -0.25) is 4.90 Å². The highest BCUT2D eigenvalue weighted by atomic mass is 32.2. The fourth-order valence-corrected chi connectivity index (χ4v) is 11.0. The number of allylic oxidation sites excluding steroid dienone is 1. The highest BCUT2D eigenvalue weighted by molar-refractivity contribution is 7.98. The zero-order valence-corrected chi connectivity index (χ0v) is 40.0. The Morgan fingerprint density at radius 3 is 2.41 bits per heavy atom. The molecule has 11 nitrogen and oxygen atoms in total. The van der Waals surface area contributed by atoms with Crippen molar-refractivity contribution in [1.82, 2.24) is 4.90 Å². The Hall–Kier alpha value is -5.63. The maximum atomic E-state index is 15.1. The van der Waals surface area contributed by atoms with Gasteiger partial charge in [0.05, 0.1) is 38.0 Å². The number of rotatable bonds is 23. The minimum absolute atomic E-state index is 0.0239. The summed E-state index contributed by atoms with van der Waals surface area (Å²) in [6.07, 6.45) is 10.4. The molecule has 3 aliphatic rings. The van der Waals surface area contributed by atoms with Gasteiger partial charge >= 0.3 is 6.09 Å². The van der Waals surface area contributed by atoms with Crippen LogP contribution >= 0.6 is 11.8 Å². The van der Waals surface area contributed by atoms with Crippen LogP contribution in [0.15, 0.2) is 150 Å². The molecular formula is C56H64N2O9S. The minimum Gasteiger partial charge on any atom is -0.459 e. The molecule has 2 aliphatic carbocycles. The Labute approximate surface area is 404 Å². The second kappa shape index (κ2) is 23.6. The number of unbranched alkanes of at least 4 members (excludes halogenated alkanes) is 2. The average molecular weight is 941 g/mol. The van der Waals surface area contributed by atoms with Crippen LogP contribution in [0, 0.1) is 17.8 Å². The zero-order valence-electron chi connectivity index (χ0n) is 39.2. The third-order valence-corrected chi connectivity index (χ3v) is 14.3. The predicted octanol–water partition coefficient (Wildman–Crippen LogP) is 11.5. The number of carbonyl (C=O) groups excluding carboxylic acids is 1. The van der Waals surface area contributed by atoms with Crippen molar-refractivity contribution in [2.24, 2.45) is 22.9 Å². The fourth-order valence-electron chi connectivity index (χ4n) is 10.6. The maximum Gasteiger partial charge on any atom is 0.410 e. The van der Waals surface area contributed by atoms with Crippen molar-refractivity contribution in [3.05, 3.63) is 156 Å². The molecule has 1 fully saturated rings. The molecule has 0 radical (unpaired) electrons. The minimum atomic E-state index is -1.47. The molecule has 0 saturated heterocycles. The first-order valence-electron chi connectivity index (χ1n) is 23.9. The van der Waals surface area contributed by atoms with Gasteiger partial charge in [0.15, 0.2) is 0 Å². The summed E-state index contributed by atoms with van der Waals surface area (Å²) in [6.45, 7) is 5.20. The van der Waals surface area contributed by atoms with Crippen LogP contribution in [-0.4, -0.2) is 85.1 Å². The van der Waals surface area contributed by atoms with E-state index in [9.17, 15) is 10.2 Å². The van der Waals surface area contributed by atoms with Gasteiger partial charge in [0.1, 0.15) is 37.0 Å². The highest BCUT2D eigenvalue weighted by Crippen LogP contribution is 2.62. The smallest absolute Gasteiger partial charge is 0.410 e. The van der Waals surface area contributed by atoms with E-state index in [1.807, 2.05) is 97.3 Å². The number of amides is 1. The van der Waals surface area contributed by atoms with Crippen LogP contribution in [0.25, 0.3) is 10.8 Å². The second-order valence-electron chi connectivity index (χ2n) is 17.7. The summed E-state index contributed by atoms with van der Waals surface area (Å²) in [5.74, 6) is -0.0586. The molecule has 6 atom stereocenters. The lowest BCUT2D eigenvalue weighted by molar-refractivity contribution is -0.256. The molecule has 6 unspecified atom stereocenters. The summed E-state index contributed by atoms with van der Waals surface area (Å²) < 4.78 is 33.4. The van der Waals surface area contributed by atoms with Crippen molar-refractivity contribution in [3.63, 3.8) is 0 Å². The van der Waals surface area contributed by atoms with Crippen molar-refractivity contribution < 1.29 is 43.5 Å². The highest BCUT2D eigenvalue weighted by Gasteiger charge is 2.65. The molecule has 1 aliphatic heterocycles. The Balaban J connectivity index is 1.27. The van der Waals surface area contributed by atoms with Gasteiger partial charge in [-0.25, -0.2) is 4.79 Å². The first kappa shape index (κ1) is 48.8. The fraction of sp³-hybridized carbons (Fsp3) is 0.393. The van der Waals surface area contributed by atoms with Crippen LogP contribution in [-0.2, 0) is 32.2 Å². The van der Waals surface area contributed by atoms with Crippen LogP contribution in [0.5, 0.6) is 17.2 Å². The van der Waals surface area contributed by atoms with E-state index in [2.05, 4.69) is 36.9 Å². The molecule has 8 rings (SSSR count). The summed E-state index contributed by atoms with van der Waals surface area (Å²) in [4.78, 5) is 23.7. The zero-order chi connectivity index (χ0) is 47.3. The van der Waals surface area contributed by atoms with Gasteiger partial charge in [0.25, 0.3) is 0 Å². The number of nitrogens with zero attached hydrogens (tertiary/aromatic N) is 2. The van der Waals surface area contributed by atoms with Crippen molar-refractivity contribution in [2.75, 3.05) is 46.4 Å². The molecule has 2 N–H and O–H groups in total. The van der Waals surface area contributed by atoms with E-state index in [1.165, 1.54) is 0 Å².